The van der Waals surface area contributed by atoms with Gasteiger partial charge in [-0.05, 0) is 41.5 Å². The number of rotatable bonds is 3. The van der Waals surface area contributed by atoms with Gasteiger partial charge < -0.3 is 9.47 Å². The lowest BCUT2D eigenvalue weighted by Gasteiger charge is -2.05. The van der Waals surface area contributed by atoms with Gasteiger partial charge >= 0.3 is 11.9 Å². The van der Waals surface area contributed by atoms with Gasteiger partial charge in [0.15, 0.2) is 11.5 Å². The number of esters is 2. The summed E-state index contributed by atoms with van der Waals surface area (Å²) in [5, 5.41) is 9.38. The standard InChI is InChI=1S/C20H12ClNO4/c1-12(23)25-19-17(10-13-2-4-14(11-22)5-3-13)26-20(24)18(19)15-6-8-16(21)9-7-15/h2-10H,1H3/b17-10+. The molecule has 2 aromatic rings. The van der Waals surface area contributed by atoms with E-state index in [0.29, 0.717) is 21.7 Å². The third-order valence-corrected chi connectivity index (χ3v) is 3.83. The summed E-state index contributed by atoms with van der Waals surface area (Å²) in [6.07, 6.45) is 1.57. The van der Waals surface area contributed by atoms with Gasteiger partial charge in [-0.2, -0.15) is 5.26 Å². The summed E-state index contributed by atoms with van der Waals surface area (Å²) in [4.78, 5) is 23.9. The molecule has 5 nitrogen and oxygen atoms in total. The second-order valence-electron chi connectivity index (χ2n) is 5.44. The Morgan fingerprint density at radius 3 is 2.38 bits per heavy atom. The van der Waals surface area contributed by atoms with Gasteiger partial charge in [-0.15, -0.1) is 0 Å². The highest BCUT2D eigenvalue weighted by Crippen LogP contribution is 2.35. The third-order valence-electron chi connectivity index (χ3n) is 3.57. The zero-order chi connectivity index (χ0) is 18.7. The summed E-state index contributed by atoms with van der Waals surface area (Å²) < 4.78 is 10.6. The SMILES string of the molecule is CC(=O)OC1=C(c2ccc(Cl)cc2)C(=O)O/C1=C/c1ccc(C#N)cc1. The minimum Gasteiger partial charge on any atom is -0.422 e. The zero-order valence-corrected chi connectivity index (χ0v) is 14.4. The number of benzene rings is 2. The summed E-state index contributed by atoms with van der Waals surface area (Å²) in [7, 11) is 0. The number of carbonyl (C=O) groups is 2. The Balaban J connectivity index is 2.08. The quantitative estimate of drug-likeness (QED) is 0.766. The lowest BCUT2D eigenvalue weighted by atomic mass is 10.0. The van der Waals surface area contributed by atoms with Crippen LogP contribution in [0.15, 0.2) is 60.0 Å². The molecular formula is C20H12ClNO4. The molecule has 6 heteroatoms. The van der Waals surface area contributed by atoms with Crippen LogP contribution in [0.1, 0.15) is 23.6 Å². The molecule has 26 heavy (non-hydrogen) atoms. The highest BCUT2D eigenvalue weighted by Gasteiger charge is 2.33. The van der Waals surface area contributed by atoms with E-state index in [1.54, 1.807) is 54.6 Å². The number of cyclic esters (lactones) is 1. The van der Waals surface area contributed by atoms with Crippen LogP contribution in [0.25, 0.3) is 11.6 Å². The molecule has 1 aliphatic heterocycles. The molecule has 0 amide bonds. The first-order valence-electron chi connectivity index (χ1n) is 7.61. The molecule has 0 bridgehead atoms. The highest BCUT2D eigenvalue weighted by atomic mass is 35.5. The van der Waals surface area contributed by atoms with E-state index in [9.17, 15) is 9.59 Å². The van der Waals surface area contributed by atoms with E-state index in [1.165, 1.54) is 6.92 Å². The number of nitriles is 1. The van der Waals surface area contributed by atoms with E-state index in [2.05, 4.69) is 0 Å². The van der Waals surface area contributed by atoms with Crippen LogP contribution in [0.4, 0.5) is 0 Å². The maximum atomic E-state index is 12.4. The number of carbonyl (C=O) groups excluding carboxylic acids is 2. The fraction of sp³-hybridized carbons (Fsp3) is 0.0500. The molecule has 2 aromatic carbocycles. The minimum atomic E-state index is -0.622. The molecule has 1 heterocycles. The van der Waals surface area contributed by atoms with Crippen molar-refractivity contribution in [2.24, 2.45) is 0 Å². The second-order valence-corrected chi connectivity index (χ2v) is 5.87. The van der Waals surface area contributed by atoms with E-state index in [1.807, 2.05) is 6.07 Å². The van der Waals surface area contributed by atoms with Crippen LogP contribution in [-0.2, 0) is 19.1 Å². The largest absolute Gasteiger partial charge is 0.422 e. The Hall–Kier alpha value is -3.36. The van der Waals surface area contributed by atoms with Gasteiger partial charge in [-0.3, -0.25) is 4.79 Å². The summed E-state index contributed by atoms with van der Waals surface area (Å²) in [6, 6.07) is 15.3. The van der Waals surface area contributed by atoms with Crippen LogP contribution in [0.2, 0.25) is 5.02 Å². The molecule has 0 saturated heterocycles. The first-order chi connectivity index (χ1) is 12.5. The lowest BCUT2D eigenvalue weighted by Crippen LogP contribution is -2.01. The number of halogens is 1. The van der Waals surface area contributed by atoms with Crippen molar-refractivity contribution in [3.63, 3.8) is 0 Å². The lowest BCUT2D eigenvalue weighted by molar-refractivity contribution is -0.137. The predicted molar refractivity (Wildman–Crippen MR) is 95.4 cm³/mol. The van der Waals surface area contributed by atoms with Crippen molar-refractivity contribution in [3.8, 4) is 6.07 Å². The highest BCUT2D eigenvalue weighted by molar-refractivity contribution is 6.30. The van der Waals surface area contributed by atoms with Crippen molar-refractivity contribution in [2.45, 2.75) is 6.92 Å². The summed E-state index contributed by atoms with van der Waals surface area (Å²) in [5.41, 5.74) is 1.87. The monoisotopic (exact) mass is 365 g/mol. The van der Waals surface area contributed by atoms with Crippen molar-refractivity contribution in [2.75, 3.05) is 0 Å². The molecule has 0 saturated carbocycles. The van der Waals surface area contributed by atoms with Crippen LogP contribution in [0.5, 0.6) is 0 Å². The molecule has 0 aromatic heterocycles. The molecule has 0 unspecified atom stereocenters. The molecule has 0 fully saturated rings. The molecule has 1 aliphatic rings. The number of ether oxygens (including phenoxy) is 2. The third kappa shape index (κ3) is 3.66. The Kier molecular flexibility index (Phi) is 4.87. The van der Waals surface area contributed by atoms with Crippen molar-refractivity contribution < 1.29 is 19.1 Å². The van der Waals surface area contributed by atoms with Gasteiger partial charge in [0.05, 0.1) is 11.6 Å². The second kappa shape index (κ2) is 7.26. The summed E-state index contributed by atoms with van der Waals surface area (Å²) >= 11 is 5.88. The Bertz CT molecular complexity index is 980. The zero-order valence-electron chi connectivity index (χ0n) is 13.7. The average molecular weight is 366 g/mol. The first kappa shape index (κ1) is 17.5. The molecule has 0 atom stereocenters. The Morgan fingerprint density at radius 1 is 1.15 bits per heavy atom. The maximum absolute atomic E-state index is 12.4. The molecule has 0 spiro atoms. The summed E-state index contributed by atoms with van der Waals surface area (Å²) in [5.74, 6) is -1.02. The van der Waals surface area contributed by atoms with E-state index in [-0.39, 0.29) is 17.1 Å². The average Bonchev–Trinajstić information content (AvgIpc) is 2.91. The minimum absolute atomic E-state index is 0.0502. The van der Waals surface area contributed by atoms with Crippen LogP contribution in [0.3, 0.4) is 0 Å². The maximum Gasteiger partial charge on any atom is 0.348 e. The van der Waals surface area contributed by atoms with E-state index in [4.69, 9.17) is 26.3 Å². The molecule has 0 radical (unpaired) electrons. The van der Waals surface area contributed by atoms with Crippen molar-refractivity contribution in [1.29, 1.82) is 5.26 Å². The smallest absolute Gasteiger partial charge is 0.348 e. The van der Waals surface area contributed by atoms with Gasteiger partial charge in [0, 0.05) is 11.9 Å². The van der Waals surface area contributed by atoms with Gasteiger partial charge in [-0.25, -0.2) is 4.79 Å². The van der Waals surface area contributed by atoms with Crippen molar-refractivity contribution >= 4 is 35.2 Å². The van der Waals surface area contributed by atoms with E-state index >= 15 is 0 Å². The molecule has 3 rings (SSSR count). The molecule has 0 N–H and O–H groups in total. The normalized spacial score (nSPS) is 15.0. The van der Waals surface area contributed by atoms with Crippen LogP contribution in [0, 0.1) is 11.3 Å². The number of hydrogen-bond donors (Lipinski definition) is 0. The molecule has 128 valence electrons. The topological polar surface area (TPSA) is 76.4 Å². The fourth-order valence-electron chi connectivity index (χ4n) is 2.42. The van der Waals surface area contributed by atoms with Crippen LogP contribution in [-0.4, -0.2) is 11.9 Å². The van der Waals surface area contributed by atoms with E-state index in [0.717, 1.165) is 0 Å². The van der Waals surface area contributed by atoms with Crippen LogP contribution >= 0.6 is 11.6 Å². The van der Waals surface area contributed by atoms with E-state index < -0.39 is 11.9 Å². The van der Waals surface area contributed by atoms with Crippen molar-refractivity contribution in [1.82, 2.24) is 0 Å². The molecular weight excluding hydrogens is 354 g/mol. The van der Waals surface area contributed by atoms with Gasteiger partial charge in [-0.1, -0.05) is 35.9 Å². The van der Waals surface area contributed by atoms with Gasteiger partial charge in [0.2, 0.25) is 0 Å². The Labute approximate surface area is 154 Å². The Morgan fingerprint density at radius 2 is 1.81 bits per heavy atom. The van der Waals surface area contributed by atoms with Gasteiger partial charge in [0.25, 0.3) is 0 Å². The number of nitrogens with zero attached hydrogens (tertiary/aromatic N) is 1. The van der Waals surface area contributed by atoms with Crippen molar-refractivity contribution in [3.05, 3.63) is 81.8 Å². The van der Waals surface area contributed by atoms with Crippen LogP contribution < -0.4 is 0 Å². The number of hydrogen-bond acceptors (Lipinski definition) is 5. The first-order valence-corrected chi connectivity index (χ1v) is 7.99. The molecule has 0 aliphatic carbocycles. The summed E-state index contributed by atoms with van der Waals surface area (Å²) in [6.45, 7) is 1.24. The predicted octanol–water partition coefficient (Wildman–Crippen LogP) is 4.08. The fourth-order valence-corrected chi connectivity index (χ4v) is 2.55. The van der Waals surface area contributed by atoms with Gasteiger partial charge in [0.1, 0.15) is 5.57 Å².